The Morgan fingerprint density at radius 2 is 1.68 bits per heavy atom. The van der Waals surface area contributed by atoms with Crippen LogP contribution < -0.4 is 11.1 Å². The molecule has 2 aliphatic heterocycles. The van der Waals surface area contributed by atoms with E-state index in [1.54, 1.807) is 6.42 Å². The minimum absolute atomic E-state index is 0.812. The molecule has 0 aromatic rings. The number of fused-ring (bicyclic) bond motifs is 1. The van der Waals surface area contributed by atoms with Gasteiger partial charge in [-0.05, 0) is 89.4 Å². The topological polar surface area (TPSA) is 41.3 Å². The van der Waals surface area contributed by atoms with Gasteiger partial charge in [0.1, 0.15) is 0 Å². The second kappa shape index (κ2) is 6.55. The molecule has 19 heavy (non-hydrogen) atoms. The molecule has 0 spiro atoms. The maximum atomic E-state index is 5.51. The predicted molar refractivity (Wildman–Crippen MR) is 80.1 cm³/mol. The van der Waals surface area contributed by atoms with Gasteiger partial charge in [-0.25, -0.2) is 0 Å². The number of nitrogens with two attached hydrogens (primary N) is 1. The molecule has 4 rings (SSSR count). The first-order valence-corrected chi connectivity index (χ1v) is 8.53. The minimum Gasteiger partial charge on any atom is -0.330 e. The summed E-state index contributed by atoms with van der Waals surface area (Å²) in [6.07, 6.45) is 11.5. The Labute approximate surface area is 118 Å². The minimum atomic E-state index is 0.812. The van der Waals surface area contributed by atoms with E-state index in [9.17, 15) is 0 Å². The summed E-state index contributed by atoms with van der Waals surface area (Å²) in [5.41, 5.74) is 5.51. The molecule has 0 amide bonds. The number of piperidine rings is 1. The second-order valence-electron chi connectivity index (χ2n) is 7.04. The van der Waals surface area contributed by atoms with Crippen LogP contribution in [0, 0.1) is 11.8 Å². The van der Waals surface area contributed by atoms with Crippen LogP contribution in [0.2, 0.25) is 0 Å². The first kappa shape index (κ1) is 13.8. The Kier molecular flexibility index (Phi) is 4.78. The smallest absolute Gasteiger partial charge is 0.0103 e. The summed E-state index contributed by atoms with van der Waals surface area (Å²) in [6.45, 7) is 4.40. The monoisotopic (exact) mass is 265 g/mol. The van der Waals surface area contributed by atoms with Crippen LogP contribution in [0.15, 0.2) is 0 Å². The molecule has 4 atom stereocenters. The molecule has 3 heteroatoms. The lowest BCUT2D eigenvalue weighted by Gasteiger charge is -2.47. The van der Waals surface area contributed by atoms with Crippen LogP contribution in [0.25, 0.3) is 0 Å². The summed E-state index contributed by atoms with van der Waals surface area (Å²) in [4.78, 5) is 2.89. The van der Waals surface area contributed by atoms with Gasteiger partial charge in [-0.15, -0.1) is 0 Å². The van der Waals surface area contributed by atoms with Gasteiger partial charge in [0.05, 0.1) is 0 Å². The predicted octanol–water partition coefficient (Wildman–Crippen LogP) is 1.97. The molecule has 110 valence electrons. The van der Waals surface area contributed by atoms with Crippen molar-refractivity contribution in [3.05, 3.63) is 0 Å². The Morgan fingerprint density at radius 3 is 2.58 bits per heavy atom. The van der Waals surface area contributed by atoms with Crippen LogP contribution in [0.5, 0.6) is 0 Å². The van der Waals surface area contributed by atoms with Gasteiger partial charge in [-0.1, -0.05) is 0 Å². The van der Waals surface area contributed by atoms with Crippen LogP contribution in [0.4, 0.5) is 0 Å². The summed E-state index contributed by atoms with van der Waals surface area (Å²) >= 11 is 0. The summed E-state index contributed by atoms with van der Waals surface area (Å²) in [7, 11) is 0. The number of hydrogen-bond acceptors (Lipinski definition) is 3. The van der Waals surface area contributed by atoms with E-state index in [2.05, 4.69) is 10.2 Å². The quantitative estimate of drug-likeness (QED) is 0.692. The third kappa shape index (κ3) is 3.32. The maximum absolute atomic E-state index is 5.51. The van der Waals surface area contributed by atoms with Crippen molar-refractivity contribution in [1.82, 2.24) is 10.2 Å². The normalized spacial score (nSPS) is 37.7. The molecule has 2 saturated carbocycles. The lowest BCUT2D eigenvalue weighted by molar-refractivity contribution is 0.0261. The molecule has 3 nitrogen and oxygen atoms in total. The first-order chi connectivity index (χ1) is 9.36. The summed E-state index contributed by atoms with van der Waals surface area (Å²) < 4.78 is 0. The second-order valence-corrected chi connectivity index (χ2v) is 7.04. The highest BCUT2D eigenvalue weighted by Gasteiger charge is 2.43. The van der Waals surface area contributed by atoms with Crippen molar-refractivity contribution < 1.29 is 0 Å². The Morgan fingerprint density at radius 1 is 0.895 bits per heavy atom. The van der Waals surface area contributed by atoms with Crippen molar-refractivity contribution in [1.29, 1.82) is 0 Å². The zero-order valence-electron chi connectivity index (χ0n) is 12.3. The average molecular weight is 265 g/mol. The van der Waals surface area contributed by atoms with Crippen LogP contribution in [0.1, 0.15) is 51.4 Å². The lowest BCUT2D eigenvalue weighted by atomic mass is 9.75. The zero-order valence-corrected chi connectivity index (χ0v) is 12.3. The van der Waals surface area contributed by atoms with E-state index in [1.807, 2.05) is 0 Å². The molecule has 2 aliphatic carbocycles. The van der Waals surface area contributed by atoms with Crippen molar-refractivity contribution in [2.75, 3.05) is 26.2 Å². The third-order valence-electron chi connectivity index (χ3n) is 5.66. The molecule has 4 fully saturated rings. The van der Waals surface area contributed by atoms with Gasteiger partial charge in [-0.2, -0.15) is 0 Å². The van der Waals surface area contributed by atoms with Gasteiger partial charge in [0, 0.05) is 12.1 Å². The van der Waals surface area contributed by atoms with Crippen LogP contribution in [-0.2, 0) is 0 Å². The highest BCUT2D eigenvalue weighted by Crippen LogP contribution is 2.46. The number of rotatable bonds is 7. The van der Waals surface area contributed by atoms with Crippen LogP contribution >= 0.6 is 0 Å². The van der Waals surface area contributed by atoms with Gasteiger partial charge in [-0.3, -0.25) is 4.90 Å². The highest BCUT2D eigenvalue weighted by molar-refractivity contribution is 4.97. The maximum Gasteiger partial charge on any atom is 0.0103 e. The molecule has 2 heterocycles. The Bertz CT molecular complexity index is 273. The van der Waals surface area contributed by atoms with E-state index < -0.39 is 0 Å². The van der Waals surface area contributed by atoms with E-state index in [-0.39, 0.29) is 0 Å². The van der Waals surface area contributed by atoms with Gasteiger partial charge in [0.2, 0.25) is 0 Å². The fourth-order valence-electron chi connectivity index (χ4n) is 4.86. The van der Waals surface area contributed by atoms with E-state index in [4.69, 9.17) is 5.73 Å². The highest BCUT2D eigenvalue weighted by atomic mass is 15.2. The fraction of sp³-hybridized carbons (Fsp3) is 1.00. The molecule has 0 aromatic heterocycles. The SMILES string of the molecule is NCCCNCCCN1[C@@H]2C[C@@H]3CC[C@H]1C[C@@H](C3)C2. The largest absolute Gasteiger partial charge is 0.330 e. The van der Waals surface area contributed by atoms with E-state index in [0.29, 0.717) is 0 Å². The third-order valence-corrected chi connectivity index (χ3v) is 5.66. The number of hydrogen-bond donors (Lipinski definition) is 2. The van der Waals surface area contributed by atoms with E-state index in [0.717, 1.165) is 43.4 Å². The summed E-state index contributed by atoms with van der Waals surface area (Å²) in [5.74, 6) is 2.15. The van der Waals surface area contributed by atoms with Gasteiger partial charge in [0.15, 0.2) is 0 Å². The molecular formula is C16H31N3. The number of nitrogens with one attached hydrogen (secondary N) is 1. The van der Waals surface area contributed by atoms with E-state index in [1.165, 1.54) is 51.6 Å². The summed E-state index contributed by atoms with van der Waals surface area (Å²) in [5, 5.41) is 3.52. The molecule has 4 aliphatic rings. The average Bonchev–Trinajstić information content (AvgIpc) is 2.62. The van der Waals surface area contributed by atoms with Crippen LogP contribution in [0.3, 0.4) is 0 Å². The molecule has 4 bridgehead atoms. The summed E-state index contributed by atoms with van der Waals surface area (Å²) in [6, 6.07) is 1.87. The molecule has 2 saturated heterocycles. The van der Waals surface area contributed by atoms with E-state index >= 15 is 0 Å². The Balaban J connectivity index is 1.43. The number of nitrogens with zero attached hydrogens (tertiary/aromatic N) is 1. The standard InChI is InChI=1S/C16H31N3/c17-5-1-6-18-7-2-8-19-15-4-3-13-9-14(11-15)12-16(19)10-13/h13-16,18H,1-12,17H2/t13-,14-,15+,16-/m1/s1. The van der Waals surface area contributed by atoms with Crippen molar-refractivity contribution in [3.8, 4) is 0 Å². The Hall–Kier alpha value is -0.120. The molecular weight excluding hydrogens is 234 g/mol. The van der Waals surface area contributed by atoms with Crippen molar-refractivity contribution in [2.24, 2.45) is 17.6 Å². The molecule has 0 aromatic carbocycles. The molecule has 0 radical (unpaired) electrons. The zero-order chi connectivity index (χ0) is 13.1. The van der Waals surface area contributed by atoms with Gasteiger partial charge in [0.25, 0.3) is 0 Å². The van der Waals surface area contributed by atoms with Crippen molar-refractivity contribution in [2.45, 2.75) is 63.5 Å². The van der Waals surface area contributed by atoms with Crippen molar-refractivity contribution in [3.63, 3.8) is 0 Å². The lowest BCUT2D eigenvalue weighted by Crippen LogP contribution is -2.50. The first-order valence-electron chi connectivity index (χ1n) is 8.53. The van der Waals surface area contributed by atoms with Crippen molar-refractivity contribution >= 4 is 0 Å². The fourth-order valence-corrected chi connectivity index (χ4v) is 4.86. The van der Waals surface area contributed by atoms with Gasteiger partial charge >= 0.3 is 0 Å². The van der Waals surface area contributed by atoms with Gasteiger partial charge < -0.3 is 11.1 Å². The molecule has 0 unspecified atom stereocenters. The molecule has 3 N–H and O–H groups in total. The van der Waals surface area contributed by atoms with Crippen LogP contribution in [-0.4, -0.2) is 43.2 Å².